The van der Waals surface area contributed by atoms with Gasteiger partial charge in [0.05, 0.1) is 5.25 Å². The highest BCUT2D eigenvalue weighted by molar-refractivity contribution is 8.00. The summed E-state index contributed by atoms with van der Waals surface area (Å²) in [5.41, 5.74) is 0. The summed E-state index contributed by atoms with van der Waals surface area (Å²) >= 11 is 7.46. The van der Waals surface area contributed by atoms with Crippen molar-refractivity contribution >= 4 is 29.3 Å². The third-order valence-electron chi connectivity index (χ3n) is 4.56. The number of hydrogen-bond donors (Lipinski definition) is 1. The number of hydrogen-bond acceptors (Lipinski definition) is 2. The van der Waals surface area contributed by atoms with Gasteiger partial charge in [0.2, 0.25) is 5.91 Å². The Hall–Kier alpha value is -0.670. The predicted octanol–water partition coefficient (Wildman–Crippen LogP) is 4.13. The molecular weight excluding hydrogens is 290 g/mol. The van der Waals surface area contributed by atoms with Crippen LogP contribution in [-0.2, 0) is 4.79 Å². The normalized spacial score (nSPS) is 29.4. The first-order chi connectivity index (χ1) is 9.61. The fraction of sp³-hybridized carbons (Fsp3) is 0.562. The first-order valence-electron chi connectivity index (χ1n) is 7.34. The molecule has 2 bridgehead atoms. The van der Waals surface area contributed by atoms with Gasteiger partial charge in [-0.2, -0.15) is 0 Å². The summed E-state index contributed by atoms with van der Waals surface area (Å²) in [7, 11) is 0. The molecule has 0 aromatic heterocycles. The Morgan fingerprint density at radius 3 is 2.65 bits per heavy atom. The molecule has 0 saturated heterocycles. The molecule has 108 valence electrons. The van der Waals surface area contributed by atoms with Gasteiger partial charge < -0.3 is 5.32 Å². The summed E-state index contributed by atoms with van der Waals surface area (Å²) < 4.78 is 0. The summed E-state index contributed by atoms with van der Waals surface area (Å²) in [4.78, 5) is 13.4. The van der Waals surface area contributed by atoms with E-state index in [-0.39, 0.29) is 11.2 Å². The Labute approximate surface area is 129 Å². The van der Waals surface area contributed by atoms with Gasteiger partial charge in [0.15, 0.2) is 0 Å². The summed E-state index contributed by atoms with van der Waals surface area (Å²) in [5, 5.41) is 3.93. The second-order valence-corrected chi connectivity index (χ2v) is 7.85. The van der Waals surface area contributed by atoms with Crippen LogP contribution in [0.2, 0.25) is 5.02 Å². The van der Waals surface area contributed by atoms with Gasteiger partial charge in [0.1, 0.15) is 0 Å². The lowest BCUT2D eigenvalue weighted by molar-refractivity contribution is -0.121. The van der Waals surface area contributed by atoms with E-state index in [4.69, 9.17) is 11.6 Å². The van der Waals surface area contributed by atoms with Gasteiger partial charge in [-0.15, -0.1) is 11.8 Å². The SMILES string of the molecule is CC(Sc1ccc(Cl)cc1)C(=O)NC1CC2CCC1C2. The molecule has 2 nitrogen and oxygen atoms in total. The van der Waals surface area contributed by atoms with E-state index < -0.39 is 0 Å². The van der Waals surface area contributed by atoms with Gasteiger partial charge >= 0.3 is 0 Å². The Balaban J connectivity index is 1.53. The van der Waals surface area contributed by atoms with Crippen molar-refractivity contribution in [3.8, 4) is 0 Å². The molecule has 0 spiro atoms. The number of nitrogens with one attached hydrogen (secondary N) is 1. The molecule has 1 aromatic rings. The quantitative estimate of drug-likeness (QED) is 0.847. The molecule has 4 unspecified atom stereocenters. The molecule has 4 atom stereocenters. The van der Waals surface area contributed by atoms with Crippen LogP contribution < -0.4 is 5.32 Å². The summed E-state index contributed by atoms with van der Waals surface area (Å²) in [6.07, 6.45) is 5.18. The third-order valence-corrected chi connectivity index (χ3v) is 5.93. The van der Waals surface area contributed by atoms with E-state index in [1.807, 2.05) is 31.2 Å². The molecule has 0 aliphatic heterocycles. The Bertz CT molecular complexity index is 490. The number of rotatable bonds is 4. The van der Waals surface area contributed by atoms with E-state index in [9.17, 15) is 4.79 Å². The lowest BCUT2D eigenvalue weighted by Gasteiger charge is -2.24. The number of fused-ring (bicyclic) bond motifs is 2. The molecule has 20 heavy (non-hydrogen) atoms. The third kappa shape index (κ3) is 3.15. The number of halogens is 1. The summed E-state index contributed by atoms with van der Waals surface area (Å²) in [5.74, 6) is 1.77. The van der Waals surface area contributed by atoms with Crippen molar-refractivity contribution in [1.82, 2.24) is 5.32 Å². The molecular formula is C16H20ClNOS. The largest absolute Gasteiger partial charge is 0.352 e. The van der Waals surface area contributed by atoms with Crippen molar-refractivity contribution in [2.24, 2.45) is 11.8 Å². The topological polar surface area (TPSA) is 29.1 Å². The number of benzene rings is 1. The van der Waals surface area contributed by atoms with Crippen molar-refractivity contribution < 1.29 is 4.79 Å². The van der Waals surface area contributed by atoms with E-state index in [0.29, 0.717) is 6.04 Å². The molecule has 0 radical (unpaired) electrons. The number of carbonyl (C=O) groups excluding carboxylic acids is 1. The average Bonchev–Trinajstić information content (AvgIpc) is 3.03. The number of amides is 1. The van der Waals surface area contributed by atoms with Gasteiger partial charge in [-0.05, 0) is 62.3 Å². The van der Waals surface area contributed by atoms with E-state index in [0.717, 1.165) is 21.8 Å². The molecule has 4 heteroatoms. The number of carbonyl (C=O) groups is 1. The molecule has 1 N–H and O–H groups in total. The van der Waals surface area contributed by atoms with E-state index in [1.54, 1.807) is 11.8 Å². The summed E-state index contributed by atoms with van der Waals surface area (Å²) in [6, 6.07) is 8.09. The maximum atomic E-state index is 12.3. The zero-order chi connectivity index (χ0) is 14.1. The highest BCUT2D eigenvalue weighted by atomic mass is 35.5. The van der Waals surface area contributed by atoms with Crippen LogP contribution in [0.5, 0.6) is 0 Å². The van der Waals surface area contributed by atoms with Crippen molar-refractivity contribution in [3.63, 3.8) is 0 Å². The minimum atomic E-state index is -0.0599. The second kappa shape index (κ2) is 5.98. The van der Waals surface area contributed by atoms with Crippen molar-refractivity contribution in [2.75, 3.05) is 0 Å². The van der Waals surface area contributed by atoms with Crippen molar-refractivity contribution in [2.45, 2.75) is 48.8 Å². The zero-order valence-electron chi connectivity index (χ0n) is 11.6. The molecule has 1 aromatic carbocycles. The average molecular weight is 310 g/mol. The number of thioether (sulfide) groups is 1. The van der Waals surface area contributed by atoms with Crippen LogP contribution in [0.4, 0.5) is 0 Å². The van der Waals surface area contributed by atoms with Crippen LogP contribution in [0.3, 0.4) is 0 Å². The lowest BCUT2D eigenvalue weighted by Crippen LogP contribution is -2.42. The van der Waals surface area contributed by atoms with Crippen LogP contribution in [0.25, 0.3) is 0 Å². The van der Waals surface area contributed by atoms with Crippen molar-refractivity contribution in [3.05, 3.63) is 29.3 Å². The van der Waals surface area contributed by atoms with Gasteiger partial charge in [0, 0.05) is 16.0 Å². The molecule has 2 aliphatic carbocycles. The van der Waals surface area contributed by atoms with Gasteiger partial charge in [-0.1, -0.05) is 18.0 Å². The fourth-order valence-corrected chi connectivity index (χ4v) is 4.49. The minimum absolute atomic E-state index is 0.0599. The first-order valence-corrected chi connectivity index (χ1v) is 8.60. The standard InChI is InChI=1S/C16H20ClNOS/c1-10(20-14-6-4-13(17)5-7-14)16(19)18-15-9-11-2-3-12(15)8-11/h4-7,10-12,15H,2-3,8-9H2,1H3,(H,18,19). The highest BCUT2D eigenvalue weighted by Gasteiger charge is 2.40. The predicted molar refractivity (Wildman–Crippen MR) is 84.1 cm³/mol. The lowest BCUT2D eigenvalue weighted by atomic mass is 9.95. The maximum Gasteiger partial charge on any atom is 0.233 e. The highest BCUT2D eigenvalue weighted by Crippen LogP contribution is 2.44. The van der Waals surface area contributed by atoms with Crippen molar-refractivity contribution in [1.29, 1.82) is 0 Å². The van der Waals surface area contributed by atoms with Crippen LogP contribution in [-0.4, -0.2) is 17.2 Å². The van der Waals surface area contributed by atoms with Crippen LogP contribution in [0.15, 0.2) is 29.2 Å². The second-order valence-electron chi connectivity index (χ2n) is 6.00. The molecule has 2 fully saturated rings. The van der Waals surface area contributed by atoms with E-state index in [2.05, 4.69) is 5.32 Å². The van der Waals surface area contributed by atoms with Crippen LogP contribution in [0, 0.1) is 11.8 Å². The van der Waals surface area contributed by atoms with Crippen LogP contribution >= 0.6 is 23.4 Å². The minimum Gasteiger partial charge on any atom is -0.352 e. The smallest absolute Gasteiger partial charge is 0.233 e. The fourth-order valence-electron chi connectivity index (χ4n) is 3.49. The molecule has 2 aliphatic rings. The van der Waals surface area contributed by atoms with Gasteiger partial charge in [-0.25, -0.2) is 0 Å². The molecule has 3 rings (SSSR count). The Morgan fingerprint density at radius 1 is 1.30 bits per heavy atom. The van der Waals surface area contributed by atoms with Gasteiger partial charge in [0.25, 0.3) is 0 Å². The van der Waals surface area contributed by atoms with E-state index >= 15 is 0 Å². The summed E-state index contributed by atoms with van der Waals surface area (Å²) in [6.45, 7) is 1.97. The Morgan fingerprint density at radius 2 is 2.05 bits per heavy atom. The Kier molecular flexibility index (Phi) is 4.27. The zero-order valence-corrected chi connectivity index (χ0v) is 13.2. The van der Waals surface area contributed by atoms with Crippen LogP contribution in [0.1, 0.15) is 32.6 Å². The molecule has 0 heterocycles. The monoisotopic (exact) mass is 309 g/mol. The first kappa shape index (κ1) is 14.3. The molecule has 1 amide bonds. The van der Waals surface area contributed by atoms with E-state index in [1.165, 1.54) is 25.7 Å². The van der Waals surface area contributed by atoms with Gasteiger partial charge in [-0.3, -0.25) is 4.79 Å². The maximum absolute atomic E-state index is 12.3. The molecule has 2 saturated carbocycles.